The van der Waals surface area contributed by atoms with Crippen molar-refractivity contribution in [3.63, 3.8) is 0 Å². The standard InChI is InChI=1S/C29H28F4N2O/c1-19(2)16-34-28(36)15-25(21-6-5-7-22(14-21)29(31,32)33)26-18-35(27-9-4-3-8-24(26)27)17-20-10-12-23(30)13-11-20/h3-14,18-19,25H,15-17H2,1-2H3,(H,34,36)/t25-/m1/s1. The molecular formula is C29H28F4N2O. The molecule has 188 valence electrons. The molecule has 0 saturated heterocycles. The highest BCUT2D eigenvalue weighted by molar-refractivity contribution is 5.86. The van der Waals surface area contributed by atoms with E-state index in [2.05, 4.69) is 5.32 Å². The smallest absolute Gasteiger partial charge is 0.356 e. The minimum Gasteiger partial charge on any atom is -0.356 e. The lowest BCUT2D eigenvalue weighted by molar-refractivity contribution is -0.137. The van der Waals surface area contributed by atoms with Crippen molar-refractivity contribution in [2.24, 2.45) is 5.92 Å². The van der Waals surface area contributed by atoms with Crippen LogP contribution in [0, 0.1) is 11.7 Å². The molecule has 0 fully saturated rings. The third-order valence-corrected chi connectivity index (χ3v) is 6.17. The minimum atomic E-state index is -4.49. The predicted molar refractivity (Wildman–Crippen MR) is 133 cm³/mol. The summed E-state index contributed by atoms with van der Waals surface area (Å²) < 4.78 is 56.0. The molecule has 0 unspecified atom stereocenters. The largest absolute Gasteiger partial charge is 0.416 e. The highest BCUT2D eigenvalue weighted by Gasteiger charge is 2.32. The zero-order chi connectivity index (χ0) is 25.9. The molecule has 1 amide bonds. The van der Waals surface area contributed by atoms with Gasteiger partial charge in [-0.1, -0.05) is 62.4 Å². The van der Waals surface area contributed by atoms with Gasteiger partial charge in [-0.15, -0.1) is 0 Å². The second-order valence-corrected chi connectivity index (χ2v) is 9.43. The first-order valence-corrected chi connectivity index (χ1v) is 11.9. The summed E-state index contributed by atoms with van der Waals surface area (Å²) in [4.78, 5) is 12.9. The summed E-state index contributed by atoms with van der Waals surface area (Å²) in [5.41, 5.74) is 2.22. The summed E-state index contributed by atoms with van der Waals surface area (Å²) >= 11 is 0. The van der Waals surface area contributed by atoms with E-state index in [1.807, 2.05) is 48.9 Å². The molecule has 1 N–H and O–H groups in total. The van der Waals surface area contributed by atoms with E-state index in [0.717, 1.165) is 34.2 Å². The van der Waals surface area contributed by atoms with E-state index in [1.165, 1.54) is 18.2 Å². The van der Waals surface area contributed by atoms with Crippen LogP contribution in [-0.4, -0.2) is 17.0 Å². The Hall–Kier alpha value is -3.61. The van der Waals surface area contributed by atoms with E-state index >= 15 is 0 Å². The van der Waals surface area contributed by atoms with Gasteiger partial charge in [0, 0.05) is 42.5 Å². The molecule has 4 rings (SSSR count). The summed E-state index contributed by atoms with van der Waals surface area (Å²) in [7, 11) is 0. The van der Waals surface area contributed by atoms with Gasteiger partial charge in [0.05, 0.1) is 5.56 Å². The van der Waals surface area contributed by atoms with E-state index in [-0.39, 0.29) is 24.1 Å². The van der Waals surface area contributed by atoms with Crippen molar-refractivity contribution in [2.75, 3.05) is 6.54 Å². The molecule has 0 saturated carbocycles. The molecule has 1 atom stereocenters. The summed E-state index contributed by atoms with van der Waals surface area (Å²) in [5, 5.41) is 3.75. The number of nitrogens with zero attached hydrogens (tertiary/aromatic N) is 1. The SMILES string of the molecule is CC(C)CNC(=O)C[C@H](c1cccc(C(F)(F)F)c1)c1cn(Cc2ccc(F)cc2)c2ccccc12. The Bertz CT molecular complexity index is 1340. The molecule has 7 heteroatoms. The number of halogens is 4. The summed E-state index contributed by atoms with van der Waals surface area (Å²) in [5.74, 6) is -0.882. The number of fused-ring (bicyclic) bond motifs is 1. The quantitative estimate of drug-likeness (QED) is 0.259. The summed E-state index contributed by atoms with van der Waals surface area (Å²) in [6, 6.07) is 19.0. The Morgan fingerprint density at radius 2 is 1.69 bits per heavy atom. The third kappa shape index (κ3) is 5.96. The topological polar surface area (TPSA) is 34.0 Å². The Kier molecular flexibility index (Phi) is 7.48. The van der Waals surface area contributed by atoms with Gasteiger partial charge < -0.3 is 9.88 Å². The third-order valence-electron chi connectivity index (χ3n) is 6.17. The van der Waals surface area contributed by atoms with Crippen LogP contribution < -0.4 is 5.32 Å². The highest BCUT2D eigenvalue weighted by Crippen LogP contribution is 2.38. The molecule has 3 nitrogen and oxygen atoms in total. The van der Waals surface area contributed by atoms with Crippen LogP contribution in [0.15, 0.2) is 79.0 Å². The van der Waals surface area contributed by atoms with Gasteiger partial charge in [-0.25, -0.2) is 4.39 Å². The first-order chi connectivity index (χ1) is 17.1. The molecule has 4 aromatic rings. The molecule has 0 aliphatic rings. The van der Waals surface area contributed by atoms with E-state index in [0.29, 0.717) is 18.7 Å². The number of alkyl halides is 3. The molecular weight excluding hydrogens is 468 g/mol. The number of para-hydroxylation sites is 1. The number of aromatic nitrogens is 1. The summed E-state index contributed by atoms with van der Waals surface area (Å²) in [6.07, 6.45) is -2.58. The van der Waals surface area contributed by atoms with Crippen molar-refractivity contribution in [2.45, 2.75) is 38.9 Å². The summed E-state index contributed by atoms with van der Waals surface area (Å²) in [6.45, 7) is 4.90. The van der Waals surface area contributed by atoms with Crippen LogP contribution in [0.3, 0.4) is 0 Å². The maximum absolute atomic E-state index is 13.5. The van der Waals surface area contributed by atoms with Gasteiger partial charge in [0.15, 0.2) is 0 Å². The van der Waals surface area contributed by atoms with Crippen molar-refractivity contribution in [3.8, 4) is 0 Å². The number of hydrogen-bond acceptors (Lipinski definition) is 1. The molecule has 0 radical (unpaired) electrons. The van der Waals surface area contributed by atoms with Gasteiger partial charge in [-0.05, 0) is 46.9 Å². The van der Waals surface area contributed by atoms with Gasteiger partial charge in [-0.2, -0.15) is 13.2 Å². The maximum atomic E-state index is 13.5. The maximum Gasteiger partial charge on any atom is 0.416 e. The van der Waals surface area contributed by atoms with E-state index in [4.69, 9.17) is 0 Å². The lowest BCUT2D eigenvalue weighted by atomic mass is 9.87. The van der Waals surface area contributed by atoms with Crippen LogP contribution in [0.4, 0.5) is 17.6 Å². The second-order valence-electron chi connectivity index (χ2n) is 9.43. The van der Waals surface area contributed by atoms with Crippen LogP contribution in [0.5, 0.6) is 0 Å². The number of hydrogen-bond donors (Lipinski definition) is 1. The van der Waals surface area contributed by atoms with Crippen molar-refractivity contribution in [1.82, 2.24) is 9.88 Å². The second kappa shape index (κ2) is 10.6. The fourth-order valence-corrected chi connectivity index (χ4v) is 4.38. The zero-order valence-electron chi connectivity index (χ0n) is 20.1. The van der Waals surface area contributed by atoms with Crippen molar-refractivity contribution in [1.29, 1.82) is 0 Å². The molecule has 0 spiro atoms. The van der Waals surface area contributed by atoms with Crippen molar-refractivity contribution in [3.05, 3.63) is 107 Å². The first-order valence-electron chi connectivity index (χ1n) is 11.9. The van der Waals surface area contributed by atoms with Crippen LogP contribution in [0.1, 0.15) is 48.4 Å². The number of rotatable bonds is 8. The Balaban J connectivity index is 1.79. The monoisotopic (exact) mass is 496 g/mol. The highest BCUT2D eigenvalue weighted by atomic mass is 19.4. The fraction of sp³-hybridized carbons (Fsp3) is 0.276. The molecule has 36 heavy (non-hydrogen) atoms. The molecule has 1 heterocycles. The lowest BCUT2D eigenvalue weighted by Crippen LogP contribution is -2.28. The molecule has 0 aliphatic heterocycles. The van der Waals surface area contributed by atoms with Crippen molar-refractivity contribution >= 4 is 16.8 Å². The van der Waals surface area contributed by atoms with Gasteiger partial charge in [-0.3, -0.25) is 4.79 Å². The average Bonchev–Trinajstić information content (AvgIpc) is 3.20. The van der Waals surface area contributed by atoms with Gasteiger partial charge in [0.2, 0.25) is 5.91 Å². The van der Waals surface area contributed by atoms with Crippen LogP contribution in [0.2, 0.25) is 0 Å². The average molecular weight is 497 g/mol. The number of nitrogens with one attached hydrogen (secondary N) is 1. The normalized spacial score (nSPS) is 12.8. The Morgan fingerprint density at radius 1 is 0.972 bits per heavy atom. The number of carbonyl (C=O) groups excluding carboxylic acids is 1. The zero-order valence-corrected chi connectivity index (χ0v) is 20.1. The van der Waals surface area contributed by atoms with Gasteiger partial charge in [0.1, 0.15) is 5.82 Å². The minimum absolute atomic E-state index is 0.0125. The van der Waals surface area contributed by atoms with Gasteiger partial charge >= 0.3 is 6.18 Å². The van der Waals surface area contributed by atoms with Gasteiger partial charge in [0.25, 0.3) is 0 Å². The number of carbonyl (C=O) groups is 1. The Labute approximate surface area is 207 Å². The lowest BCUT2D eigenvalue weighted by Gasteiger charge is -2.19. The van der Waals surface area contributed by atoms with Crippen LogP contribution >= 0.6 is 0 Å². The first kappa shape index (κ1) is 25.5. The fourth-order valence-electron chi connectivity index (χ4n) is 4.38. The van der Waals surface area contributed by atoms with Crippen LogP contribution in [0.25, 0.3) is 10.9 Å². The van der Waals surface area contributed by atoms with E-state index in [1.54, 1.807) is 18.2 Å². The van der Waals surface area contributed by atoms with E-state index in [9.17, 15) is 22.4 Å². The molecule has 1 aromatic heterocycles. The molecule has 0 aliphatic carbocycles. The van der Waals surface area contributed by atoms with E-state index < -0.39 is 17.7 Å². The Morgan fingerprint density at radius 3 is 2.39 bits per heavy atom. The molecule has 0 bridgehead atoms. The van der Waals surface area contributed by atoms with Crippen molar-refractivity contribution < 1.29 is 22.4 Å². The predicted octanol–water partition coefficient (Wildman–Crippen LogP) is 7.14. The molecule has 3 aromatic carbocycles. The number of amides is 1. The number of benzene rings is 3. The van der Waals surface area contributed by atoms with Crippen LogP contribution in [-0.2, 0) is 17.5 Å².